The summed E-state index contributed by atoms with van der Waals surface area (Å²) in [5, 5.41) is 3.66. The van der Waals surface area contributed by atoms with E-state index >= 15 is 0 Å². The summed E-state index contributed by atoms with van der Waals surface area (Å²) in [4.78, 5) is 0. The second kappa shape index (κ2) is 8.49. The molecule has 4 rings (SSSR count). The molecule has 1 heterocycles. The van der Waals surface area contributed by atoms with Gasteiger partial charge in [-0.1, -0.05) is 23.7 Å². The summed E-state index contributed by atoms with van der Waals surface area (Å²) in [6.07, 6.45) is 0. The van der Waals surface area contributed by atoms with Crippen LogP contribution < -0.4 is 24.3 Å². The smallest absolute Gasteiger partial charge is 0.231 e. The summed E-state index contributed by atoms with van der Waals surface area (Å²) >= 11 is 6.05. The average molecular weight is 416 g/mol. The van der Waals surface area contributed by atoms with Gasteiger partial charge in [0.25, 0.3) is 0 Å². The molecule has 150 valence electrons. The van der Waals surface area contributed by atoms with Gasteiger partial charge in [-0.3, -0.25) is 0 Å². The molecule has 1 N–H and O–H groups in total. The van der Waals surface area contributed by atoms with Gasteiger partial charge in [-0.05, 0) is 42.0 Å². The minimum absolute atomic E-state index is 0.0106. The van der Waals surface area contributed by atoms with Crippen LogP contribution in [0.5, 0.6) is 23.0 Å². The summed E-state index contributed by atoms with van der Waals surface area (Å²) in [5.74, 6) is 2.14. The normalized spacial score (nSPS) is 12.0. The van der Waals surface area contributed by atoms with Crippen LogP contribution in [0.3, 0.4) is 0 Å². The van der Waals surface area contributed by atoms with Crippen molar-refractivity contribution < 1.29 is 23.3 Å². The fraction of sp³-hybridized carbons (Fsp3) is 0.182. The van der Waals surface area contributed by atoms with Gasteiger partial charge >= 0.3 is 0 Å². The number of rotatable bonds is 7. The van der Waals surface area contributed by atoms with Crippen molar-refractivity contribution in [2.75, 3.05) is 19.2 Å². The Hall–Kier alpha value is -3.12. The minimum Gasteiger partial charge on any atom is -0.493 e. The third-order valence-electron chi connectivity index (χ3n) is 4.53. The molecule has 0 atom stereocenters. The molecule has 3 aromatic carbocycles. The number of fused-ring (bicyclic) bond motifs is 1. The molecular weight excluding hydrogens is 397 g/mol. The zero-order valence-corrected chi connectivity index (χ0v) is 16.5. The van der Waals surface area contributed by atoms with Crippen LogP contribution in [0, 0.1) is 5.82 Å². The minimum atomic E-state index is -0.402. The van der Waals surface area contributed by atoms with Crippen LogP contribution >= 0.6 is 11.6 Å². The topological polar surface area (TPSA) is 49.0 Å². The predicted octanol–water partition coefficient (Wildman–Crippen LogP) is 5.41. The lowest BCUT2D eigenvalue weighted by atomic mass is 10.2. The Morgan fingerprint density at radius 1 is 1.03 bits per heavy atom. The van der Waals surface area contributed by atoms with Crippen molar-refractivity contribution in [2.24, 2.45) is 0 Å². The van der Waals surface area contributed by atoms with E-state index in [1.165, 1.54) is 6.07 Å². The lowest BCUT2D eigenvalue weighted by Crippen LogP contribution is -2.03. The van der Waals surface area contributed by atoms with Crippen molar-refractivity contribution in [1.82, 2.24) is 0 Å². The van der Waals surface area contributed by atoms with Gasteiger partial charge in [-0.15, -0.1) is 0 Å². The standard InChI is InChI=1S/C22H19ClFNO4/c1-26-21-9-14(11-25-15-6-8-20-22(10-15)29-13-28-20)5-7-19(21)27-12-16-17(23)3-2-4-18(16)24/h2-10,25H,11-13H2,1H3. The van der Waals surface area contributed by atoms with Gasteiger partial charge in [0.05, 0.1) is 12.1 Å². The quantitative estimate of drug-likeness (QED) is 0.559. The van der Waals surface area contributed by atoms with Crippen LogP contribution in [-0.2, 0) is 13.2 Å². The fourth-order valence-corrected chi connectivity index (χ4v) is 3.19. The highest BCUT2D eigenvalue weighted by Crippen LogP contribution is 2.35. The van der Waals surface area contributed by atoms with Gasteiger partial charge in [0.2, 0.25) is 6.79 Å². The molecule has 0 aliphatic carbocycles. The first-order chi connectivity index (χ1) is 14.1. The molecule has 29 heavy (non-hydrogen) atoms. The third-order valence-corrected chi connectivity index (χ3v) is 4.89. The maximum Gasteiger partial charge on any atom is 0.231 e. The maximum atomic E-state index is 13.9. The van der Waals surface area contributed by atoms with Gasteiger partial charge in [0, 0.05) is 23.9 Å². The van der Waals surface area contributed by atoms with E-state index in [2.05, 4.69) is 5.32 Å². The van der Waals surface area contributed by atoms with Crippen LogP contribution in [0.4, 0.5) is 10.1 Å². The molecule has 1 aliphatic heterocycles. The van der Waals surface area contributed by atoms with E-state index in [4.69, 9.17) is 30.5 Å². The number of hydrogen-bond acceptors (Lipinski definition) is 5. The van der Waals surface area contributed by atoms with Gasteiger partial charge in [-0.2, -0.15) is 0 Å². The summed E-state index contributed by atoms with van der Waals surface area (Å²) in [5.41, 5.74) is 2.23. The SMILES string of the molecule is COc1cc(CNc2ccc3c(c2)OCO3)ccc1OCc1c(F)cccc1Cl. The van der Waals surface area contributed by atoms with Gasteiger partial charge in [0.1, 0.15) is 12.4 Å². The summed E-state index contributed by atoms with van der Waals surface area (Å²) < 4.78 is 35.8. The summed E-state index contributed by atoms with van der Waals surface area (Å²) in [7, 11) is 1.56. The average Bonchev–Trinajstić information content (AvgIpc) is 3.20. The van der Waals surface area contributed by atoms with Gasteiger partial charge in [0.15, 0.2) is 23.0 Å². The third kappa shape index (κ3) is 4.32. The Morgan fingerprint density at radius 2 is 1.90 bits per heavy atom. The molecule has 7 heteroatoms. The largest absolute Gasteiger partial charge is 0.493 e. The second-order valence-electron chi connectivity index (χ2n) is 6.40. The highest BCUT2D eigenvalue weighted by molar-refractivity contribution is 6.31. The van der Waals surface area contributed by atoms with Crippen molar-refractivity contribution in [1.29, 1.82) is 0 Å². The highest BCUT2D eigenvalue weighted by atomic mass is 35.5. The zero-order valence-electron chi connectivity index (χ0n) is 15.7. The Bertz CT molecular complexity index is 1010. The molecule has 0 unspecified atom stereocenters. The number of benzene rings is 3. The number of halogens is 2. The first-order valence-electron chi connectivity index (χ1n) is 9.00. The van der Waals surface area contributed by atoms with Crippen molar-refractivity contribution in [3.63, 3.8) is 0 Å². The molecule has 3 aromatic rings. The van der Waals surface area contributed by atoms with E-state index in [0.717, 1.165) is 22.7 Å². The molecule has 0 spiro atoms. The number of anilines is 1. The van der Waals surface area contributed by atoms with Crippen LogP contribution in [0.1, 0.15) is 11.1 Å². The predicted molar refractivity (Wildman–Crippen MR) is 109 cm³/mol. The Kier molecular flexibility index (Phi) is 5.62. The van der Waals surface area contributed by atoms with E-state index in [9.17, 15) is 4.39 Å². The van der Waals surface area contributed by atoms with Crippen molar-refractivity contribution in [3.05, 3.63) is 76.6 Å². The number of hydrogen-bond donors (Lipinski definition) is 1. The van der Waals surface area contributed by atoms with Gasteiger partial charge in [-0.25, -0.2) is 4.39 Å². The molecule has 0 bridgehead atoms. The van der Waals surface area contributed by atoms with Crippen molar-refractivity contribution in [3.8, 4) is 23.0 Å². The van der Waals surface area contributed by atoms with E-state index in [1.54, 1.807) is 25.3 Å². The van der Waals surface area contributed by atoms with Crippen LogP contribution in [0.15, 0.2) is 54.6 Å². The summed E-state index contributed by atoms with van der Waals surface area (Å²) in [6, 6.07) is 15.8. The van der Waals surface area contributed by atoms with Crippen molar-refractivity contribution >= 4 is 17.3 Å². The Morgan fingerprint density at radius 3 is 2.72 bits per heavy atom. The maximum absolute atomic E-state index is 13.9. The van der Waals surface area contributed by atoms with E-state index in [1.807, 2.05) is 30.3 Å². The first kappa shape index (κ1) is 19.2. The molecule has 1 aliphatic rings. The van der Waals surface area contributed by atoms with Gasteiger partial charge < -0.3 is 24.3 Å². The van der Waals surface area contributed by atoms with Crippen LogP contribution in [-0.4, -0.2) is 13.9 Å². The molecule has 0 fully saturated rings. The van der Waals surface area contributed by atoms with E-state index in [-0.39, 0.29) is 13.4 Å². The molecule has 0 amide bonds. The number of ether oxygens (including phenoxy) is 4. The zero-order chi connectivity index (χ0) is 20.2. The monoisotopic (exact) mass is 415 g/mol. The molecule has 0 saturated heterocycles. The fourth-order valence-electron chi connectivity index (χ4n) is 2.97. The molecule has 5 nitrogen and oxygen atoms in total. The Balaban J connectivity index is 1.42. The van der Waals surface area contributed by atoms with Crippen LogP contribution in [0.2, 0.25) is 5.02 Å². The summed E-state index contributed by atoms with van der Waals surface area (Å²) in [6.45, 7) is 0.835. The molecular formula is C22H19ClFNO4. The second-order valence-corrected chi connectivity index (χ2v) is 6.80. The molecule has 0 radical (unpaired) electrons. The Labute approximate surface area is 172 Å². The highest BCUT2D eigenvalue weighted by Gasteiger charge is 2.14. The number of nitrogens with one attached hydrogen (secondary N) is 1. The van der Waals surface area contributed by atoms with E-state index < -0.39 is 5.82 Å². The lowest BCUT2D eigenvalue weighted by Gasteiger charge is -2.14. The van der Waals surface area contributed by atoms with E-state index in [0.29, 0.717) is 28.6 Å². The van der Waals surface area contributed by atoms with Crippen LogP contribution in [0.25, 0.3) is 0 Å². The lowest BCUT2D eigenvalue weighted by molar-refractivity contribution is 0.174. The number of methoxy groups -OCH3 is 1. The molecule has 0 saturated carbocycles. The molecule has 0 aromatic heterocycles. The van der Waals surface area contributed by atoms with Crippen molar-refractivity contribution in [2.45, 2.75) is 13.2 Å². The first-order valence-corrected chi connectivity index (χ1v) is 9.38.